The van der Waals surface area contributed by atoms with Crippen LogP contribution >= 0.6 is 0 Å². The molecule has 2 aromatic heterocycles. The molecule has 7 rings (SSSR count). The molecule has 2 aliphatic rings. The number of anilines is 1. The molecule has 13 heteroatoms. The van der Waals surface area contributed by atoms with Crippen molar-refractivity contribution in [1.29, 1.82) is 0 Å². The number of aryl methyl sites for hydroxylation is 1. The number of rotatable bonds is 10. The second kappa shape index (κ2) is 15.5. The van der Waals surface area contributed by atoms with Crippen molar-refractivity contribution in [2.75, 3.05) is 46.4 Å². The average Bonchev–Trinajstić information content (AvgIpc) is 3.39. The molecule has 2 amide bonds. The van der Waals surface area contributed by atoms with E-state index in [0.717, 1.165) is 18.4 Å². The number of benzene rings is 2. The van der Waals surface area contributed by atoms with E-state index in [1.807, 2.05) is 24.3 Å². The number of carbonyl (C=O) groups excluding carboxylic acids is 2. The average molecular weight is 734 g/mol. The molecule has 1 fully saturated rings. The second-order valence-corrected chi connectivity index (χ2v) is 13.4. The highest BCUT2D eigenvalue weighted by atomic mass is 16.5. The lowest BCUT2D eigenvalue weighted by atomic mass is 9.94. The molecule has 2 N–H and O–H groups in total. The minimum Gasteiger partial charge on any atom is -0.497 e. The van der Waals surface area contributed by atoms with Gasteiger partial charge >= 0.3 is 0 Å². The topological polar surface area (TPSA) is 154 Å². The fourth-order valence-electron chi connectivity index (χ4n) is 7.65. The smallest absolute Gasteiger partial charge is 0.225 e. The molecule has 1 aliphatic carbocycles. The Morgan fingerprint density at radius 3 is 2.26 bits per heavy atom. The summed E-state index contributed by atoms with van der Waals surface area (Å²) in [6.07, 6.45) is 5.88. The Kier molecular flexibility index (Phi) is 10.4. The van der Waals surface area contributed by atoms with Crippen LogP contribution in [0.1, 0.15) is 48.9 Å². The van der Waals surface area contributed by atoms with Gasteiger partial charge in [0.2, 0.25) is 28.9 Å². The first-order chi connectivity index (χ1) is 26.2. The number of nitrogens with one attached hydrogen (secondary N) is 2. The zero-order chi connectivity index (χ0) is 37.9. The summed E-state index contributed by atoms with van der Waals surface area (Å²) in [7, 11) is 6.24. The maximum absolute atomic E-state index is 14.3. The van der Waals surface area contributed by atoms with E-state index in [1.54, 1.807) is 51.9 Å². The molecule has 1 atom stereocenters. The molecule has 0 bridgehead atoms. The van der Waals surface area contributed by atoms with E-state index in [2.05, 4.69) is 25.5 Å². The number of methoxy groups -OCH3 is 4. The third-order valence-corrected chi connectivity index (χ3v) is 10.2. The minimum absolute atomic E-state index is 0.0559. The summed E-state index contributed by atoms with van der Waals surface area (Å²) < 4.78 is 29.4. The van der Waals surface area contributed by atoms with Crippen molar-refractivity contribution in [2.45, 2.75) is 51.1 Å². The Hall–Kier alpha value is -6.11. The van der Waals surface area contributed by atoms with Crippen molar-refractivity contribution >= 4 is 28.7 Å². The molecular formula is C41H43N5O8. The van der Waals surface area contributed by atoms with Crippen LogP contribution in [0.25, 0.3) is 33.4 Å². The molecule has 0 spiro atoms. The number of hydrogen-bond acceptors (Lipinski definition) is 11. The first-order valence-corrected chi connectivity index (χ1v) is 17.9. The van der Waals surface area contributed by atoms with Crippen molar-refractivity contribution in [3.8, 4) is 45.4 Å². The van der Waals surface area contributed by atoms with Crippen molar-refractivity contribution in [2.24, 2.45) is 0 Å². The van der Waals surface area contributed by atoms with Crippen LogP contribution in [0.4, 0.5) is 5.95 Å². The van der Waals surface area contributed by atoms with Crippen molar-refractivity contribution < 1.29 is 33.0 Å². The van der Waals surface area contributed by atoms with Crippen LogP contribution in [-0.4, -0.2) is 69.4 Å². The largest absolute Gasteiger partial charge is 0.497 e. The fraction of sp³-hybridized carbons (Fsp3) is 0.341. The lowest BCUT2D eigenvalue weighted by Gasteiger charge is -2.32. The molecule has 13 nitrogen and oxygen atoms in total. The molecule has 0 radical (unpaired) electrons. The minimum atomic E-state index is -0.504. The van der Waals surface area contributed by atoms with E-state index >= 15 is 0 Å². The number of aromatic nitrogens is 2. The van der Waals surface area contributed by atoms with Crippen LogP contribution < -0.4 is 39.9 Å². The van der Waals surface area contributed by atoms with Gasteiger partial charge in [-0.3, -0.25) is 14.4 Å². The Balaban J connectivity index is 1.37. The van der Waals surface area contributed by atoms with E-state index in [1.165, 1.54) is 20.1 Å². The summed E-state index contributed by atoms with van der Waals surface area (Å²) in [5.41, 5.74) is 3.77. The van der Waals surface area contributed by atoms with Crippen LogP contribution in [-0.2, 0) is 22.4 Å². The zero-order valence-electron chi connectivity index (χ0n) is 31.0. The Morgan fingerprint density at radius 1 is 0.889 bits per heavy atom. The normalized spacial score (nSPS) is 15.4. The van der Waals surface area contributed by atoms with Gasteiger partial charge in [0.15, 0.2) is 17.1 Å². The number of fused-ring (bicyclic) bond motifs is 4. The van der Waals surface area contributed by atoms with Crippen LogP contribution in [0.3, 0.4) is 0 Å². The first kappa shape index (κ1) is 36.3. The van der Waals surface area contributed by atoms with Gasteiger partial charge in [-0.25, -0.2) is 9.97 Å². The Bertz CT molecular complexity index is 2250. The molecule has 0 unspecified atom stereocenters. The summed E-state index contributed by atoms with van der Waals surface area (Å²) in [6, 6.07) is 13.8. The molecule has 1 aliphatic heterocycles. The molecule has 280 valence electrons. The molecule has 3 heterocycles. The van der Waals surface area contributed by atoms with Gasteiger partial charge in [0, 0.05) is 60.5 Å². The highest BCUT2D eigenvalue weighted by molar-refractivity contribution is 5.96. The van der Waals surface area contributed by atoms with Crippen molar-refractivity contribution in [3.05, 3.63) is 87.8 Å². The Labute approximate surface area is 312 Å². The third kappa shape index (κ3) is 7.01. The van der Waals surface area contributed by atoms with Crippen LogP contribution in [0.2, 0.25) is 0 Å². The monoisotopic (exact) mass is 733 g/mol. The predicted octanol–water partition coefficient (Wildman–Crippen LogP) is 5.40. The number of furan rings is 1. The maximum atomic E-state index is 14.3. The van der Waals surface area contributed by atoms with Gasteiger partial charge in [0.05, 0.1) is 40.9 Å². The first-order valence-electron chi connectivity index (χ1n) is 17.9. The second-order valence-electron chi connectivity index (χ2n) is 13.4. The lowest BCUT2D eigenvalue weighted by molar-refractivity contribution is -0.121. The summed E-state index contributed by atoms with van der Waals surface area (Å²) in [5, 5.41) is 6.76. The Morgan fingerprint density at radius 2 is 1.61 bits per heavy atom. The van der Waals surface area contributed by atoms with Gasteiger partial charge in [0.25, 0.3) is 0 Å². The molecule has 1 saturated heterocycles. The van der Waals surface area contributed by atoms with Gasteiger partial charge < -0.3 is 38.9 Å². The highest BCUT2D eigenvalue weighted by Gasteiger charge is 2.32. The van der Waals surface area contributed by atoms with Gasteiger partial charge in [-0.2, -0.15) is 0 Å². The molecule has 5 aromatic rings. The number of hydrogen-bond donors (Lipinski definition) is 2. The van der Waals surface area contributed by atoms with Gasteiger partial charge in [-0.1, -0.05) is 0 Å². The highest BCUT2D eigenvalue weighted by Crippen LogP contribution is 2.51. The predicted molar refractivity (Wildman–Crippen MR) is 204 cm³/mol. The van der Waals surface area contributed by atoms with Crippen LogP contribution in [0, 0.1) is 0 Å². The SMILES string of the molecule is COc1ccc(-c2oc3c(=O)cc4c(cc3c2CC(=O)NC2CCN(c3ncccn3)CC2)-c2c(cc(OC)c(OC)c2OC)CC[C@@H]4NC(C)=O)cc1. The summed E-state index contributed by atoms with van der Waals surface area (Å²) in [6.45, 7) is 2.86. The number of ether oxygens (including phenoxy) is 4. The number of carbonyl (C=O) groups is 2. The van der Waals surface area contributed by atoms with Crippen molar-refractivity contribution in [3.63, 3.8) is 0 Å². The quantitative estimate of drug-likeness (QED) is 0.190. The van der Waals surface area contributed by atoms with Gasteiger partial charge in [0.1, 0.15) is 11.5 Å². The van der Waals surface area contributed by atoms with E-state index in [9.17, 15) is 14.4 Å². The lowest BCUT2D eigenvalue weighted by Crippen LogP contribution is -2.45. The summed E-state index contributed by atoms with van der Waals surface area (Å²) >= 11 is 0. The van der Waals surface area contributed by atoms with E-state index in [4.69, 9.17) is 23.4 Å². The van der Waals surface area contributed by atoms with Crippen LogP contribution in [0.5, 0.6) is 23.0 Å². The standard InChI is InChI=1S/C41H43N5O8/c1-23(47)44-32-12-9-25-19-34(51-3)39(52-4)40(53-5)36(25)29-20-30-31(22-35(49)45-26-13-17-46(18-14-26)41-42-15-6-16-43-41)37(24-7-10-27(50-2)11-8-24)54-38(30)33(48)21-28(29)32/h6-8,10-11,15-16,19-21,26,32H,9,12-14,17-18,22H2,1-5H3,(H,44,47)(H,45,49)/t32-/m0/s1. The summed E-state index contributed by atoms with van der Waals surface area (Å²) in [5.74, 6) is 2.61. The number of piperidine rings is 1. The van der Waals surface area contributed by atoms with Crippen molar-refractivity contribution in [1.82, 2.24) is 20.6 Å². The maximum Gasteiger partial charge on any atom is 0.225 e. The molecule has 54 heavy (non-hydrogen) atoms. The van der Waals surface area contributed by atoms with E-state index in [-0.39, 0.29) is 35.3 Å². The summed E-state index contributed by atoms with van der Waals surface area (Å²) in [4.78, 5) is 51.7. The number of amides is 2. The third-order valence-electron chi connectivity index (χ3n) is 10.2. The number of nitrogens with zero attached hydrogens (tertiary/aromatic N) is 3. The van der Waals surface area contributed by atoms with Gasteiger partial charge in [-0.05, 0) is 90.9 Å². The molecular weight excluding hydrogens is 690 g/mol. The molecule has 0 saturated carbocycles. The van der Waals surface area contributed by atoms with E-state index < -0.39 is 6.04 Å². The molecule has 3 aromatic carbocycles. The van der Waals surface area contributed by atoms with E-state index in [0.29, 0.717) is 93.8 Å². The van der Waals surface area contributed by atoms with Crippen LogP contribution in [0.15, 0.2) is 70.1 Å². The zero-order valence-corrected chi connectivity index (χ0v) is 31.0. The fourth-order valence-corrected chi connectivity index (χ4v) is 7.65. The van der Waals surface area contributed by atoms with Gasteiger partial charge in [-0.15, -0.1) is 0 Å².